The van der Waals surface area contributed by atoms with E-state index in [1.165, 1.54) is 4.57 Å². The molecule has 1 aliphatic carbocycles. The highest BCUT2D eigenvalue weighted by atomic mass is 19.4. The number of aryl methyl sites for hydroxylation is 1. The average Bonchev–Trinajstić information content (AvgIpc) is 3.13. The van der Waals surface area contributed by atoms with Gasteiger partial charge >= 0.3 is 12.3 Å². The summed E-state index contributed by atoms with van der Waals surface area (Å²) in [4.78, 5) is 11.7. The normalized spacial score (nSPS) is 22.0. The molecule has 128 valence electrons. The third kappa shape index (κ3) is 3.76. The smallest absolute Gasteiger partial charge is 0.407 e. The first-order chi connectivity index (χ1) is 10.9. The number of alkyl halides is 3. The Morgan fingerprint density at radius 1 is 1.26 bits per heavy atom. The third-order valence-electron chi connectivity index (χ3n) is 4.45. The van der Waals surface area contributed by atoms with Crippen LogP contribution in [-0.4, -0.2) is 33.1 Å². The lowest BCUT2D eigenvalue weighted by atomic mass is 9.99. The molecule has 1 amide bonds. The quantitative estimate of drug-likeness (QED) is 0.924. The van der Waals surface area contributed by atoms with Crippen LogP contribution in [0.5, 0.6) is 0 Å². The largest absolute Gasteiger partial charge is 0.446 e. The fraction of sp³-hybridized carbons (Fsp3) is 0.786. The van der Waals surface area contributed by atoms with Gasteiger partial charge in [0.05, 0.1) is 12.5 Å². The minimum Gasteiger partial charge on any atom is -0.446 e. The van der Waals surface area contributed by atoms with Crippen molar-refractivity contribution >= 4 is 6.09 Å². The molecule has 6 nitrogen and oxygen atoms in total. The van der Waals surface area contributed by atoms with Gasteiger partial charge in [0.1, 0.15) is 11.9 Å². The van der Waals surface area contributed by atoms with Crippen molar-refractivity contribution in [2.45, 2.75) is 63.9 Å². The van der Waals surface area contributed by atoms with Crippen LogP contribution in [0.4, 0.5) is 18.0 Å². The number of hydrogen-bond donors (Lipinski definition) is 1. The minimum absolute atomic E-state index is 0.0170. The van der Waals surface area contributed by atoms with Crippen molar-refractivity contribution in [3.8, 4) is 0 Å². The summed E-state index contributed by atoms with van der Waals surface area (Å²) in [5.41, 5.74) is 0. The summed E-state index contributed by atoms with van der Waals surface area (Å²) in [6, 6.07) is 0. The van der Waals surface area contributed by atoms with Gasteiger partial charge < -0.3 is 14.6 Å². The zero-order chi connectivity index (χ0) is 16.4. The topological polar surface area (TPSA) is 69.0 Å². The predicted octanol–water partition coefficient (Wildman–Crippen LogP) is 2.57. The molecule has 1 aromatic rings. The van der Waals surface area contributed by atoms with Crippen LogP contribution in [0.1, 0.15) is 43.8 Å². The molecule has 1 aromatic heterocycles. The van der Waals surface area contributed by atoms with E-state index in [0.29, 0.717) is 11.6 Å². The molecule has 0 spiro atoms. The highest BCUT2D eigenvalue weighted by Crippen LogP contribution is 2.34. The lowest BCUT2D eigenvalue weighted by Gasteiger charge is -2.26. The summed E-state index contributed by atoms with van der Waals surface area (Å²) in [6.45, 7) is -0.177. The Morgan fingerprint density at radius 3 is 2.70 bits per heavy atom. The third-order valence-corrected chi connectivity index (χ3v) is 4.45. The lowest BCUT2D eigenvalue weighted by Crippen LogP contribution is -2.34. The molecule has 0 saturated heterocycles. The molecule has 23 heavy (non-hydrogen) atoms. The molecule has 1 N–H and O–H groups in total. The van der Waals surface area contributed by atoms with Gasteiger partial charge in [-0.3, -0.25) is 0 Å². The van der Waals surface area contributed by atoms with Crippen LogP contribution in [0, 0.1) is 5.92 Å². The Labute approximate surface area is 131 Å². The van der Waals surface area contributed by atoms with E-state index in [2.05, 4.69) is 15.5 Å². The number of aromatic nitrogens is 3. The van der Waals surface area contributed by atoms with Crippen LogP contribution < -0.4 is 5.32 Å². The standard InChI is InChI=1S/C14H19F3N4O2/c15-14(16,17)9-5-6-11-19-20-12(21(11)8-9)7-18-13(22)23-10-3-1-2-4-10/h9-10H,1-8H2,(H,18,22). The molecular weight excluding hydrogens is 313 g/mol. The second kappa shape index (κ2) is 6.37. The summed E-state index contributed by atoms with van der Waals surface area (Å²) in [5, 5.41) is 10.4. The van der Waals surface area contributed by atoms with Gasteiger partial charge in [-0.05, 0) is 32.1 Å². The number of alkyl carbamates (subject to hydrolysis) is 1. The number of nitrogens with one attached hydrogen (secondary N) is 1. The first-order valence-corrected chi connectivity index (χ1v) is 7.85. The van der Waals surface area contributed by atoms with Gasteiger partial charge in [0.2, 0.25) is 0 Å². The van der Waals surface area contributed by atoms with E-state index in [0.717, 1.165) is 25.7 Å². The summed E-state index contributed by atoms with van der Waals surface area (Å²) < 4.78 is 45.3. The molecule has 1 unspecified atom stereocenters. The minimum atomic E-state index is -4.23. The molecule has 0 radical (unpaired) electrons. The molecule has 2 aliphatic rings. The zero-order valence-corrected chi connectivity index (χ0v) is 12.6. The number of ether oxygens (including phenoxy) is 1. The van der Waals surface area contributed by atoms with Crippen molar-refractivity contribution in [1.29, 1.82) is 0 Å². The zero-order valence-electron chi connectivity index (χ0n) is 12.6. The molecule has 9 heteroatoms. The van der Waals surface area contributed by atoms with Gasteiger partial charge in [0, 0.05) is 13.0 Å². The number of carbonyl (C=O) groups is 1. The van der Waals surface area contributed by atoms with Crippen LogP contribution in [0.2, 0.25) is 0 Å². The summed E-state index contributed by atoms with van der Waals surface area (Å²) in [7, 11) is 0. The van der Waals surface area contributed by atoms with Crippen LogP contribution in [0.15, 0.2) is 0 Å². The molecule has 0 aromatic carbocycles. The van der Waals surface area contributed by atoms with Crippen molar-refractivity contribution in [1.82, 2.24) is 20.1 Å². The van der Waals surface area contributed by atoms with Gasteiger partial charge in [0.25, 0.3) is 0 Å². The fourth-order valence-corrected chi connectivity index (χ4v) is 3.13. The number of carbonyl (C=O) groups excluding carboxylic acids is 1. The van der Waals surface area contributed by atoms with E-state index >= 15 is 0 Å². The van der Waals surface area contributed by atoms with Gasteiger partial charge in [-0.2, -0.15) is 13.2 Å². The molecule has 3 rings (SSSR count). The number of halogens is 3. The number of amides is 1. The Bertz CT molecular complexity index is 567. The SMILES string of the molecule is O=C(NCc1nnc2n1CC(C(F)(F)F)CC2)OC1CCCC1. The fourth-order valence-electron chi connectivity index (χ4n) is 3.13. The maximum absolute atomic E-state index is 12.9. The summed E-state index contributed by atoms with van der Waals surface area (Å²) >= 11 is 0. The second-order valence-electron chi connectivity index (χ2n) is 6.09. The second-order valence-corrected chi connectivity index (χ2v) is 6.09. The number of rotatable bonds is 3. The first kappa shape index (κ1) is 16.1. The van der Waals surface area contributed by atoms with Crippen molar-refractivity contribution in [3.05, 3.63) is 11.6 Å². The monoisotopic (exact) mass is 332 g/mol. The van der Waals surface area contributed by atoms with E-state index in [-0.39, 0.29) is 32.0 Å². The van der Waals surface area contributed by atoms with Crippen LogP contribution in [0.3, 0.4) is 0 Å². The van der Waals surface area contributed by atoms with Gasteiger partial charge in [0.15, 0.2) is 5.82 Å². The summed E-state index contributed by atoms with van der Waals surface area (Å²) in [5.74, 6) is -0.529. The van der Waals surface area contributed by atoms with Crippen molar-refractivity contribution in [2.24, 2.45) is 5.92 Å². The van der Waals surface area contributed by atoms with Crippen molar-refractivity contribution in [3.63, 3.8) is 0 Å². The first-order valence-electron chi connectivity index (χ1n) is 7.85. The molecule has 1 aliphatic heterocycles. The van der Waals surface area contributed by atoms with E-state index < -0.39 is 18.2 Å². The molecule has 2 heterocycles. The highest BCUT2D eigenvalue weighted by Gasteiger charge is 2.42. The Kier molecular flexibility index (Phi) is 4.45. The number of nitrogens with zero attached hydrogens (tertiary/aromatic N) is 3. The predicted molar refractivity (Wildman–Crippen MR) is 73.5 cm³/mol. The van der Waals surface area contributed by atoms with Gasteiger partial charge in [-0.15, -0.1) is 10.2 Å². The van der Waals surface area contributed by atoms with Crippen molar-refractivity contribution < 1.29 is 22.7 Å². The molecular formula is C14H19F3N4O2. The summed E-state index contributed by atoms with van der Waals surface area (Å²) in [6.07, 6.45) is -0.754. The number of hydrogen-bond acceptors (Lipinski definition) is 4. The van der Waals surface area contributed by atoms with Crippen LogP contribution in [-0.2, 0) is 24.2 Å². The van der Waals surface area contributed by atoms with Gasteiger partial charge in [-0.1, -0.05) is 0 Å². The molecule has 1 fully saturated rings. The maximum Gasteiger partial charge on any atom is 0.407 e. The van der Waals surface area contributed by atoms with E-state index in [9.17, 15) is 18.0 Å². The van der Waals surface area contributed by atoms with E-state index in [4.69, 9.17) is 4.74 Å². The molecule has 0 bridgehead atoms. The molecule has 1 saturated carbocycles. The van der Waals surface area contributed by atoms with E-state index in [1.807, 2.05) is 0 Å². The Balaban J connectivity index is 1.57. The maximum atomic E-state index is 12.9. The Morgan fingerprint density at radius 2 is 2.00 bits per heavy atom. The average molecular weight is 332 g/mol. The Hall–Kier alpha value is -1.80. The molecule has 1 atom stereocenters. The highest BCUT2D eigenvalue weighted by molar-refractivity contribution is 5.67. The van der Waals surface area contributed by atoms with E-state index in [1.54, 1.807) is 0 Å². The van der Waals surface area contributed by atoms with Crippen molar-refractivity contribution in [2.75, 3.05) is 0 Å². The van der Waals surface area contributed by atoms with Gasteiger partial charge in [-0.25, -0.2) is 4.79 Å². The van der Waals surface area contributed by atoms with Crippen LogP contribution >= 0.6 is 0 Å². The van der Waals surface area contributed by atoms with Crippen LogP contribution in [0.25, 0.3) is 0 Å². The lowest BCUT2D eigenvalue weighted by molar-refractivity contribution is -0.182. The number of fused-ring (bicyclic) bond motifs is 1.